The molecule has 0 aliphatic heterocycles. The van der Waals surface area contributed by atoms with Crippen LogP contribution in [0.3, 0.4) is 0 Å². The van der Waals surface area contributed by atoms with Gasteiger partial charge in [0.2, 0.25) is 0 Å². The molecule has 4 aromatic rings. The minimum absolute atomic E-state index is 0.691. The molecule has 0 radical (unpaired) electrons. The van der Waals surface area contributed by atoms with Crippen molar-refractivity contribution in [3.8, 4) is 0 Å². The number of anilines is 2. The van der Waals surface area contributed by atoms with E-state index in [1.165, 1.54) is 4.90 Å². The Labute approximate surface area is 143 Å². The summed E-state index contributed by atoms with van der Waals surface area (Å²) in [5, 5.41) is 5.80. The standard InChI is InChI=1S/C21H21NOS/c1-24(2,3)16-13-11-15(12-14-16)22-19-9-6-8-18-17-7-4-5-10-20(17)23-21(18)19/h4-14,22H,1-3H3. The molecule has 0 fully saturated rings. The Morgan fingerprint density at radius 2 is 1.46 bits per heavy atom. The van der Waals surface area contributed by atoms with E-state index in [0.717, 1.165) is 33.3 Å². The Morgan fingerprint density at radius 3 is 2.21 bits per heavy atom. The Hall–Kier alpha value is -2.39. The van der Waals surface area contributed by atoms with Crippen LogP contribution in [-0.4, -0.2) is 18.8 Å². The molecule has 0 saturated carbocycles. The summed E-state index contributed by atoms with van der Waals surface area (Å²) in [5.74, 6) is 0. The average Bonchev–Trinajstić information content (AvgIpc) is 2.94. The van der Waals surface area contributed by atoms with Gasteiger partial charge in [-0.05, 0) is 60.1 Å². The maximum atomic E-state index is 6.08. The number of hydrogen-bond donors (Lipinski definition) is 1. The highest BCUT2D eigenvalue weighted by Crippen LogP contribution is 2.45. The molecule has 4 rings (SSSR count). The molecule has 2 nitrogen and oxygen atoms in total. The van der Waals surface area contributed by atoms with Crippen molar-refractivity contribution in [1.82, 2.24) is 0 Å². The van der Waals surface area contributed by atoms with Gasteiger partial charge in [-0.25, -0.2) is 10.0 Å². The molecule has 122 valence electrons. The molecular formula is C21H21NOS. The predicted octanol–water partition coefficient (Wildman–Crippen LogP) is 6.38. The third kappa shape index (κ3) is 2.65. The summed E-state index contributed by atoms with van der Waals surface area (Å²) in [5.41, 5.74) is 3.91. The zero-order valence-corrected chi connectivity index (χ0v) is 15.0. The van der Waals surface area contributed by atoms with Crippen LogP contribution >= 0.6 is 10.0 Å². The summed E-state index contributed by atoms with van der Waals surface area (Å²) in [4.78, 5) is 1.41. The van der Waals surface area contributed by atoms with E-state index in [-0.39, 0.29) is 0 Å². The van der Waals surface area contributed by atoms with E-state index in [0.29, 0.717) is 0 Å². The van der Waals surface area contributed by atoms with Crippen molar-refractivity contribution >= 4 is 43.3 Å². The number of hydrogen-bond acceptors (Lipinski definition) is 2. The molecule has 1 heterocycles. The maximum Gasteiger partial charge on any atom is 0.158 e. The highest BCUT2D eigenvalue weighted by atomic mass is 32.3. The van der Waals surface area contributed by atoms with Gasteiger partial charge in [0.1, 0.15) is 5.58 Å². The van der Waals surface area contributed by atoms with Gasteiger partial charge in [0.05, 0.1) is 5.69 Å². The van der Waals surface area contributed by atoms with E-state index >= 15 is 0 Å². The molecular weight excluding hydrogens is 314 g/mol. The lowest BCUT2D eigenvalue weighted by molar-refractivity contribution is 0.670. The molecule has 0 saturated heterocycles. The third-order valence-corrected chi connectivity index (χ3v) is 5.93. The molecule has 24 heavy (non-hydrogen) atoms. The van der Waals surface area contributed by atoms with Crippen LogP contribution in [0.4, 0.5) is 11.4 Å². The van der Waals surface area contributed by atoms with Crippen molar-refractivity contribution in [2.45, 2.75) is 4.90 Å². The molecule has 0 unspecified atom stereocenters. The number of benzene rings is 3. The second kappa shape index (κ2) is 5.60. The van der Waals surface area contributed by atoms with Crippen molar-refractivity contribution in [2.75, 3.05) is 24.1 Å². The average molecular weight is 335 g/mol. The normalized spacial score (nSPS) is 12.6. The quantitative estimate of drug-likeness (QED) is 0.470. The van der Waals surface area contributed by atoms with Crippen LogP contribution in [0.1, 0.15) is 0 Å². The molecule has 3 aromatic carbocycles. The van der Waals surface area contributed by atoms with Crippen LogP contribution in [-0.2, 0) is 0 Å². The molecule has 3 heteroatoms. The Kier molecular flexibility index (Phi) is 3.54. The van der Waals surface area contributed by atoms with E-state index in [1.54, 1.807) is 0 Å². The first-order chi connectivity index (χ1) is 11.5. The van der Waals surface area contributed by atoms with Gasteiger partial charge in [-0.3, -0.25) is 0 Å². The smallest absolute Gasteiger partial charge is 0.158 e. The van der Waals surface area contributed by atoms with Crippen molar-refractivity contribution < 1.29 is 4.42 Å². The number of fused-ring (bicyclic) bond motifs is 3. The van der Waals surface area contributed by atoms with Crippen LogP contribution in [0.15, 0.2) is 76.0 Å². The maximum absolute atomic E-state index is 6.08. The Morgan fingerprint density at radius 1 is 0.750 bits per heavy atom. The van der Waals surface area contributed by atoms with E-state index in [9.17, 15) is 0 Å². The van der Waals surface area contributed by atoms with Crippen LogP contribution in [0.2, 0.25) is 0 Å². The molecule has 0 aliphatic rings. The van der Waals surface area contributed by atoms with Crippen molar-refractivity contribution in [3.05, 3.63) is 66.7 Å². The van der Waals surface area contributed by atoms with Gasteiger partial charge < -0.3 is 9.73 Å². The monoisotopic (exact) mass is 335 g/mol. The summed E-state index contributed by atoms with van der Waals surface area (Å²) in [7, 11) is -0.691. The number of rotatable bonds is 3. The summed E-state index contributed by atoms with van der Waals surface area (Å²) in [6.07, 6.45) is 6.93. The van der Waals surface area contributed by atoms with Gasteiger partial charge in [0, 0.05) is 16.5 Å². The lowest BCUT2D eigenvalue weighted by Crippen LogP contribution is -1.94. The predicted molar refractivity (Wildman–Crippen MR) is 107 cm³/mol. The van der Waals surface area contributed by atoms with Gasteiger partial charge in [-0.2, -0.15) is 0 Å². The summed E-state index contributed by atoms with van der Waals surface area (Å²) in [6, 6.07) is 23.1. The second-order valence-corrected chi connectivity index (χ2v) is 10.9. The number of para-hydroxylation sites is 2. The highest BCUT2D eigenvalue weighted by molar-refractivity contribution is 8.32. The fourth-order valence-corrected chi connectivity index (χ4v) is 3.90. The SMILES string of the molecule is CS(C)(C)c1ccc(Nc2cccc3c2oc2ccccc23)cc1. The van der Waals surface area contributed by atoms with E-state index in [1.807, 2.05) is 18.2 Å². The van der Waals surface area contributed by atoms with Crippen LogP contribution in [0, 0.1) is 0 Å². The zero-order valence-electron chi connectivity index (χ0n) is 14.2. The third-order valence-electron chi connectivity index (χ3n) is 4.24. The first-order valence-electron chi connectivity index (χ1n) is 7.98. The van der Waals surface area contributed by atoms with Crippen LogP contribution in [0.5, 0.6) is 0 Å². The van der Waals surface area contributed by atoms with Crippen molar-refractivity contribution in [2.24, 2.45) is 0 Å². The lowest BCUT2D eigenvalue weighted by atomic mass is 10.1. The van der Waals surface area contributed by atoms with Crippen LogP contribution in [0.25, 0.3) is 21.9 Å². The van der Waals surface area contributed by atoms with Gasteiger partial charge in [0.25, 0.3) is 0 Å². The summed E-state index contributed by atoms with van der Waals surface area (Å²) < 4.78 is 6.08. The van der Waals surface area contributed by atoms with Crippen LogP contribution < -0.4 is 5.32 Å². The van der Waals surface area contributed by atoms with Crippen molar-refractivity contribution in [3.63, 3.8) is 0 Å². The molecule has 1 N–H and O–H groups in total. The van der Waals surface area contributed by atoms with Gasteiger partial charge >= 0.3 is 0 Å². The molecule has 0 bridgehead atoms. The van der Waals surface area contributed by atoms with Crippen molar-refractivity contribution in [1.29, 1.82) is 0 Å². The first kappa shape index (κ1) is 15.2. The molecule has 0 aliphatic carbocycles. The molecule has 0 spiro atoms. The minimum atomic E-state index is -0.691. The largest absolute Gasteiger partial charge is 0.454 e. The summed E-state index contributed by atoms with van der Waals surface area (Å²) >= 11 is 0. The van der Waals surface area contributed by atoms with Gasteiger partial charge in [-0.15, -0.1) is 0 Å². The number of nitrogens with one attached hydrogen (secondary N) is 1. The minimum Gasteiger partial charge on any atom is -0.454 e. The number of furan rings is 1. The van der Waals surface area contributed by atoms with E-state index in [2.05, 4.69) is 72.6 Å². The second-order valence-electron chi connectivity index (χ2n) is 6.77. The molecule has 0 atom stereocenters. The van der Waals surface area contributed by atoms with E-state index in [4.69, 9.17) is 4.42 Å². The fourth-order valence-electron chi connectivity index (χ4n) is 2.95. The zero-order chi connectivity index (χ0) is 16.7. The fraction of sp³-hybridized carbons (Fsp3) is 0.143. The Balaban J connectivity index is 1.74. The van der Waals surface area contributed by atoms with Gasteiger partial charge in [-0.1, -0.05) is 30.3 Å². The molecule has 1 aromatic heterocycles. The highest BCUT2D eigenvalue weighted by Gasteiger charge is 2.11. The summed E-state index contributed by atoms with van der Waals surface area (Å²) in [6.45, 7) is 0. The topological polar surface area (TPSA) is 25.2 Å². The van der Waals surface area contributed by atoms with E-state index < -0.39 is 10.0 Å². The molecule has 0 amide bonds. The Bertz CT molecular complexity index is 1010. The lowest BCUT2D eigenvalue weighted by Gasteiger charge is -2.25. The van der Waals surface area contributed by atoms with Gasteiger partial charge in [0.15, 0.2) is 5.58 Å². The first-order valence-corrected chi connectivity index (χ1v) is 10.8.